The number of aromatic nitrogens is 3. The minimum absolute atomic E-state index is 0.0141. The molecule has 154 valence electrons. The molecule has 2 saturated heterocycles. The highest BCUT2D eigenvalue weighted by atomic mass is 79.9. The van der Waals surface area contributed by atoms with Crippen LogP contribution in [0.5, 0.6) is 0 Å². The van der Waals surface area contributed by atoms with Crippen LogP contribution in [0.3, 0.4) is 0 Å². The van der Waals surface area contributed by atoms with Gasteiger partial charge in [-0.15, -0.1) is 0 Å². The standard InChI is InChI=1S/C19H28BrN5O2S/c1-13-9-19(12-27-13)5-7-24(11-15(19)23-28(26)18(2,3)4)17-22-10-14(20)16-21-6-8-25(16)17/h6,8,10,13,15,23H,5,7,9,11-12H2,1-4H3/t13-,15?,19?,28?/m0/s1. The van der Waals surface area contributed by atoms with Gasteiger partial charge in [-0.1, -0.05) is 0 Å². The molecule has 2 fully saturated rings. The van der Waals surface area contributed by atoms with Crippen LogP contribution in [-0.4, -0.2) is 55.2 Å². The van der Waals surface area contributed by atoms with Gasteiger partial charge < -0.3 is 9.64 Å². The number of nitrogens with one attached hydrogen (secondary N) is 1. The van der Waals surface area contributed by atoms with Gasteiger partial charge in [-0.05, 0) is 56.5 Å². The average molecular weight is 470 g/mol. The molecule has 4 rings (SSSR count). The summed E-state index contributed by atoms with van der Waals surface area (Å²) >= 11 is 3.52. The van der Waals surface area contributed by atoms with Gasteiger partial charge in [0.1, 0.15) is 0 Å². The first-order chi connectivity index (χ1) is 13.2. The van der Waals surface area contributed by atoms with Crippen LogP contribution in [0.2, 0.25) is 0 Å². The highest BCUT2D eigenvalue weighted by Crippen LogP contribution is 2.43. The number of imidazole rings is 1. The lowest BCUT2D eigenvalue weighted by Crippen LogP contribution is -2.59. The van der Waals surface area contributed by atoms with Crippen LogP contribution in [0.15, 0.2) is 23.1 Å². The van der Waals surface area contributed by atoms with Crippen molar-refractivity contribution in [3.8, 4) is 0 Å². The van der Waals surface area contributed by atoms with Crippen molar-refractivity contribution in [3.05, 3.63) is 23.1 Å². The molecule has 0 bridgehead atoms. The number of ether oxygens (including phenoxy) is 1. The lowest BCUT2D eigenvalue weighted by atomic mass is 9.73. The Kier molecular flexibility index (Phi) is 5.31. The van der Waals surface area contributed by atoms with Crippen LogP contribution in [-0.2, 0) is 15.7 Å². The molecule has 0 radical (unpaired) electrons. The quantitative estimate of drug-likeness (QED) is 0.747. The molecule has 0 amide bonds. The Morgan fingerprint density at radius 3 is 2.86 bits per heavy atom. The van der Waals surface area contributed by atoms with Crippen molar-refractivity contribution in [3.63, 3.8) is 0 Å². The van der Waals surface area contributed by atoms with Gasteiger partial charge in [0.05, 0.1) is 32.9 Å². The first-order valence-corrected chi connectivity index (χ1v) is 11.7. The number of anilines is 1. The Morgan fingerprint density at radius 1 is 1.39 bits per heavy atom. The van der Waals surface area contributed by atoms with Crippen LogP contribution in [0.25, 0.3) is 5.65 Å². The van der Waals surface area contributed by atoms with E-state index in [9.17, 15) is 4.21 Å². The summed E-state index contributed by atoms with van der Waals surface area (Å²) in [6, 6.07) is 0.0651. The maximum Gasteiger partial charge on any atom is 0.211 e. The summed E-state index contributed by atoms with van der Waals surface area (Å²) in [5.74, 6) is 0.867. The molecule has 9 heteroatoms. The predicted octanol–water partition coefficient (Wildman–Crippen LogP) is 2.92. The van der Waals surface area contributed by atoms with Crippen molar-refractivity contribution in [1.29, 1.82) is 0 Å². The Labute approximate surface area is 177 Å². The van der Waals surface area contributed by atoms with Gasteiger partial charge in [0.25, 0.3) is 0 Å². The monoisotopic (exact) mass is 469 g/mol. The first kappa shape index (κ1) is 20.3. The summed E-state index contributed by atoms with van der Waals surface area (Å²) < 4.78 is 24.9. The topological polar surface area (TPSA) is 71.8 Å². The molecular weight excluding hydrogens is 442 g/mol. The molecule has 4 heterocycles. The fraction of sp³-hybridized carbons (Fsp3) is 0.684. The van der Waals surface area contributed by atoms with E-state index in [2.05, 4.69) is 42.4 Å². The number of hydrogen-bond donors (Lipinski definition) is 1. The fourth-order valence-electron chi connectivity index (χ4n) is 4.21. The van der Waals surface area contributed by atoms with Crippen molar-refractivity contribution in [1.82, 2.24) is 19.1 Å². The van der Waals surface area contributed by atoms with Crippen LogP contribution in [0, 0.1) is 5.41 Å². The zero-order chi connectivity index (χ0) is 20.1. The summed E-state index contributed by atoms with van der Waals surface area (Å²) in [5.41, 5.74) is 0.867. The Morgan fingerprint density at radius 2 is 2.18 bits per heavy atom. The molecule has 4 atom stereocenters. The van der Waals surface area contributed by atoms with E-state index in [0.29, 0.717) is 0 Å². The minimum Gasteiger partial charge on any atom is -0.378 e. The molecule has 7 nitrogen and oxygen atoms in total. The smallest absolute Gasteiger partial charge is 0.211 e. The minimum atomic E-state index is -1.14. The Balaban J connectivity index is 1.65. The molecule has 2 aliphatic heterocycles. The largest absolute Gasteiger partial charge is 0.378 e. The van der Waals surface area contributed by atoms with Gasteiger partial charge in [-0.2, -0.15) is 0 Å². The van der Waals surface area contributed by atoms with Crippen LogP contribution in [0.1, 0.15) is 40.5 Å². The number of fused-ring (bicyclic) bond motifs is 1. The Hall–Kier alpha value is -1.03. The van der Waals surface area contributed by atoms with Crippen molar-refractivity contribution >= 4 is 38.5 Å². The van der Waals surface area contributed by atoms with Gasteiger partial charge in [0, 0.05) is 43.1 Å². The molecule has 0 aliphatic carbocycles. The first-order valence-electron chi connectivity index (χ1n) is 9.72. The van der Waals surface area contributed by atoms with Crippen molar-refractivity contribution in [2.45, 2.75) is 57.4 Å². The maximum atomic E-state index is 12.9. The third-order valence-electron chi connectivity index (χ3n) is 5.82. The number of piperidine rings is 1. The molecule has 0 saturated carbocycles. The number of halogens is 1. The summed E-state index contributed by atoms with van der Waals surface area (Å²) in [6.07, 6.45) is 7.73. The molecule has 0 aromatic carbocycles. The average Bonchev–Trinajstić information content (AvgIpc) is 3.25. The number of rotatable bonds is 3. The van der Waals surface area contributed by atoms with E-state index in [1.807, 2.05) is 31.4 Å². The second-order valence-corrected chi connectivity index (χ2v) is 11.8. The third-order valence-corrected chi connectivity index (χ3v) is 7.99. The lowest BCUT2D eigenvalue weighted by Gasteiger charge is -2.46. The zero-order valence-electron chi connectivity index (χ0n) is 16.8. The number of nitrogens with zero attached hydrogens (tertiary/aromatic N) is 4. The van der Waals surface area contributed by atoms with Gasteiger partial charge in [-0.3, -0.25) is 4.40 Å². The molecule has 2 aromatic heterocycles. The Bertz CT molecular complexity index is 898. The number of hydrogen-bond acceptors (Lipinski definition) is 5. The van der Waals surface area contributed by atoms with Crippen LogP contribution < -0.4 is 9.62 Å². The van der Waals surface area contributed by atoms with E-state index in [4.69, 9.17) is 4.74 Å². The van der Waals surface area contributed by atoms with Gasteiger partial charge in [0.2, 0.25) is 5.95 Å². The van der Waals surface area contributed by atoms with E-state index >= 15 is 0 Å². The van der Waals surface area contributed by atoms with Crippen molar-refractivity contribution < 1.29 is 8.95 Å². The second kappa shape index (κ2) is 7.34. The van der Waals surface area contributed by atoms with E-state index in [1.165, 1.54) is 0 Å². The molecule has 1 spiro atoms. The molecule has 2 aliphatic rings. The summed E-state index contributed by atoms with van der Waals surface area (Å²) in [5, 5.41) is 0. The van der Waals surface area contributed by atoms with E-state index in [1.54, 1.807) is 12.4 Å². The lowest BCUT2D eigenvalue weighted by molar-refractivity contribution is 0.0874. The summed E-state index contributed by atoms with van der Waals surface area (Å²) in [7, 11) is -1.14. The van der Waals surface area contributed by atoms with Crippen molar-refractivity contribution in [2.24, 2.45) is 5.41 Å². The fourth-order valence-corrected chi connectivity index (χ4v) is 5.54. The molecule has 2 aromatic rings. The van der Waals surface area contributed by atoms with Gasteiger partial charge >= 0.3 is 0 Å². The van der Waals surface area contributed by atoms with Crippen LogP contribution >= 0.6 is 15.9 Å². The van der Waals surface area contributed by atoms with E-state index < -0.39 is 11.0 Å². The van der Waals surface area contributed by atoms with Crippen LogP contribution in [0.4, 0.5) is 5.95 Å². The molecule has 1 N–H and O–H groups in total. The molecule has 3 unspecified atom stereocenters. The van der Waals surface area contributed by atoms with Gasteiger partial charge in [-0.25, -0.2) is 18.9 Å². The normalized spacial score (nSPS) is 29.7. The summed E-state index contributed by atoms with van der Waals surface area (Å²) in [6.45, 7) is 10.5. The van der Waals surface area contributed by atoms with Gasteiger partial charge in [0.15, 0.2) is 5.65 Å². The second-order valence-electron chi connectivity index (χ2n) is 8.96. The maximum absolute atomic E-state index is 12.9. The van der Waals surface area contributed by atoms with E-state index in [-0.39, 0.29) is 22.3 Å². The third kappa shape index (κ3) is 3.62. The van der Waals surface area contributed by atoms with E-state index in [0.717, 1.165) is 48.6 Å². The predicted molar refractivity (Wildman–Crippen MR) is 115 cm³/mol. The highest BCUT2D eigenvalue weighted by molar-refractivity contribution is 9.10. The molecular formula is C19H28BrN5O2S. The molecule has 28 heavy (non-hydrogen) atoms. The summed E-state index contributed by atoms with van der Waals surface area (Å²) in [4.78, 5) is 11.4. The van der Waals surface area contributed by atoms with Crippen molar-refractivity contribution in [2.75, 3.05) is 24.6 Å². The SMILES string of the molecule is C[C@H]1CC2(CCN(c3ncc(Br)c4nccn34)CC2NS(=O)C(C)(C)C)CO1. The highest BCUT2D eigenvalue weighted by Gasteiger charge is 2.49. The zero-order valence-corrected chi connectivity index (χ0v) is 19.2.